The Bertz CT molecular complexity index is 1140. The maximum absolute atomic E-state index is 13.9. The Labute approximate surface area is 200 Å². The second kappa shape index (κ2) is 9.54. The monoisotopic (exact) mass is 493 g/mol. The Morgan fingerprint density at radius 2 is 1.97 bits per heavy atom. The van der Waals surface area contributed by atoms with Crippen molar-refractivity contribution in [1.82, 2.24) is 25.4 Å². The highest BCUT2D eigenvalue weighted by Crippen LogP contribution is 2.66. The lowest BCUT2D eigenvalue weighted by atomic mass is 9.80. The SMILES string of the molecule is CN(C)[C@H](CNC(=O)C[C@H](c1ccncc1)C1(C(F)(F)F)CC1)Cc1cc2cn[nH]c2cc1Cl. The first-order valence-corrected chi connectivity index (χ1v) is 11.5. The molecule has 4 rings (SSSR count). The first-order valence-electron chi connectivity index (χ1n) is 11.1. The predicted octanol–water partition coefficient (Wildman–Crippen LogP) is 4.72. The van der Waals surface area contributed by atoms with Crippen LogP contribution in [0.1, 0.15) is 36.3 Å². The first kappa shape index (κ1) is 24.5. The number of carbonyl (C=O) groups excluding carboxylic acids is 1. The van der Waals surface area contributed by atoms with Crippen LogP contribution in [0.2, 0.25) is 5.02 Å². The number of nitrogens with zero attached hydrogens (tertiary/aromatic N) is 3. The molecule has 0 bridgehead atoms. The molecule has 34 heavy (non-hydrogen) atoms. The van der Waals surface area contributed by atoms with Crippen LogP contribution >= 0.6 is 11.6 Å². The Morgan fingerprint density at radius 3 is 2.59 bits per heavy atom. The summed E-state index contributed by atoms with van der Waals surface area (Å²) < 4.78 is 41.7. The molecule has 0 aliphatic heterocycles. The summed E-state index contributed by atoms with van der Waals surface area (Å²) in [6.07, 6.45) is 0.687. The zero-order valence-corrected chi connectivity index (χ0v) is 19.7. The van der Waals surface area contributed by atoms with Gasteiger partial charge in [-0.15, -0.1) is 0 Å². The molecule has 0 unspecified atom stereocenters. The van der Waals surface area contributed by atoms with Gasteiger partial charge in [0.25, 0.3) is 0 Å². The zero-order chi connectivity index (χ0) is 24.5. The van der Waals surface area contributed by atoms with Crippen LogP contribution in [0.5, 0.6) is 0 Å². The van der Waals surface area contributed by atoms with Crippen molar-refractivity contribution in [3.05, 3.63) is 59.0 Å². The molecule has 2 atom stereocenters. The van der Waals surface area contributed by atoms with Crippen molar-refractivity contribution in [3.63, 3.8) is 0 Å². The Hall–Kier alpha value is -2.65. The molecule has 1 amide bonds. The smallest absolute Gasteiger partial charge is 0.355 e. The summed E-state index contributed by atoms with van der Waals surface area (Å²) in [5, 5.41) is 11.3. The first-order chi connectivity index (χ1) is 16.1. The molecular weight excluding hydrogens is 467 g/mol. The topological polar surface area (TPSA) is 73.9 Å². The molecule has 6 nitrogen and oxygen atoms in total. The minimum absolute atomic E-state index is 0.0338. The van der Waals surface area contributed by atoms with Crippen LogP contribution in [-0.4, -0.2) is 58.8 Å². The van der Waals surface area contributed by atoms with E-state index in [1.165, 1.54) is 12.4 Å². The van der Waals surface area contributed by atoms with Gasteiger partial charge in [-0.1, -0.05) is 11.6 Å². The van der Waals surface area contributed by atoms with Crippen LogP contribution in [0.15, 0.2) is 42.9 Å². The van der Waals surface area contributed by atoms with Crippen LogP contribution in [-0.2, 0) is 11.2 Å². The molecule has 2 aromatic heterocycles. The van der Waals surface area contributed by atoms with Crippen molar-refractivity contribution in [1.29, 1.82) is 0 Å². The quantitative estimate of drug-likeness (QED) is 0.452. The highest BCUT2D eigenvalue weighted by atomic mass is 35.5. The van der Waals surface area contributed by atoms with Gasteiger partial charge in [-0.2, -0.15) is 18.3 Å². The normalized spacial score (nSPS) is 17.0. The molecule has 1 aliphatic carbocycles. The fraction of sp³-hybridized carbons (Fsp3) is 0.458. The number of likely N-dealkylation sites (N-methyl/N-ethyl adjacent to an activating group) is 1. The van der Waals surface area contributed by atoms with Gasteiger partial charge in [0.05, 0.1) is 17.1 Å². The lowest BCUT2D eigenvalue weighted by molar-refractivity contribution is -0.194. The fourth-order valence-corrected chi connectivity index (χ4v) is 4.78. The van der Waals surface area contributed by atoms with E-state index in [0.717, 1.165) is 16.5 Å². The summed E-state index contributed by atoms with van der Waals surface area (Å²) in [5.74, 6) is -1.34. The van der Waals surface area contributed by atoms with Gasteiger partial charge in [0.15, 0.2) is 0 Å². The number of hydrogen-bond donors (Lipinski definition) is 2. The van der Waals surface area contributed by atoms with Crippen LogP contribution in [0.4, 0.5) is 13.2 Å². The Balaban J connectivity index is 1.45. The molecule has 0 radical (unpaired) electrons. The third-order valence-electron chi connectivity index (χ3n) is 6.85. The molecule has 2 N–H and O–H groups in total. The van der Waals surface area contributed by atoms with Gasteiger partial charge >= 0.3 is 6.18 Å². The number of rotatable bonds is 9. The minimum atomic E-state index is -4.37. The van der Waals surface area contributed by atoms with E-state index in [2.05, 4.69) is 20.5 Å². The van der Waals surface area contributed by atoms with Gasteiger partial charge in [-0.3, -0.25) is 14.9 Å². The average Bonchev–Trinajstić information content (AvgIpc) is 3.49. The Kier molecular flexibility index (Phi) is 6.87. The van der Waals surface area contributed by atoms with E-state index < -0.39 is 23.4 Å². The summed E-state index contributed by atoms with van der Waals surface area (Å²) in [6, 6.07) is 6.82. The molecule has 0 spiro atoms. The van der Waals surface area contributed by atoms with Crippen LogP contribution < -0.4 is 5.32 Å². The van der Waals surface area contributed by atoms with E-state index in [-0.39, 0.29) is 31.8 Å². The number of alkyl halides is 3. The molecule has 182 valence electrons. The second-order valence-corrected chi connectivity index (χ2v) is 9.62. The number of carbonyl (C=O) groups is 1. The van der Waals surface area contributed by atoms with Crippen molar-refractivity contribution >= 4 is 28.4 Å². The maximum atomic E-state index is 13.9. The van der Waals surface area contributed by atoms with Crippen LogP contribution in [0.25, 0.3) is 10.9 Å². The van der Waals surface area contributed by atoms with E-state index in [1.807, 2.05) is 31.1 Å². The van der Waals surface area contributed by atoms with Crippen molar-refractivity contribution in [2.45, 2.75) is 43.8 Å². The number of benzene rings is 1. The summed E-state index contributed by atoms with van der Waals surface area (Å²) in [5.41, 5.74) is 0.390. The van der Waals surface area contributed by atoms with Gasteiger partial charge in [-0.25, -0.2) is 0 Å². The number of hydrogen-bond acceptors (Lipinski definition) is 4. The average molecular weight is 494 g/mol. The molecule has 2 heterocycles. The number of fused-ring (bicyclic) bond motifs is 1. The lowest BCUT2D eigenvalue weighted by Gasteiger charge is -2.30. The summed E-state index contributed by atoms with van der Waals surface area (Å²) in [7, 11) is 3.79. The van der Waals surface area contributed by atoms with Crippen molar-refractivity contribution in [3.8, 4) is 0 Å². The largest absolute Gasteiger partial charge is 0.395 e. The Morgan fingerprint density at radius 1 is 1.26 bits per heavy atom. The number of H-pyrrole nitrogens is 1. The predicted molar refractivity (Wildman–Crippen MR) is 125 cm³/mol. The number of amides is 1. The summed E-state index contributed by atoms with van der Waals surface area (Å²) in [6.45, 7) is 0.285. The fourth-order valence-electron chi connectivity index (χ4n) is 4.54. The highest BCUT2D eigenvalue weighted by molar-refractivity contribution is 6.32. The van der Waals surface area contributed by atoms with E-state index in [4.69, 9.17) is 11.6 Å². The standard InChI is InChI=1S/C24H27ClF3N5O/c1-33(2)18(10-16-9-17-13-31-32-21(17)12-20(16)25)14-30-22(34)11-19(15-3-7-29-8-4-15)23(5-6-23)24(26,27)28/h3-4,7-9,12-13,18-19H,5-6,10-11,14H2,1-2H3,(H,30,34)(H,31,32)/t18-,19+/m0/s1. The van der Waals surface area contributed by atoms with Crippen molar-refractivity contribution in [2.75, 3.05) is 20.6 Å². The van der Waals surface area contributed by atoms with Gasteiger partial charge in [0, 0.05) is 47.7 Å². The lowest BCUT2D eigenvalue weighted by Crippen LogP contribution is -2.42. The molecule has 1 saturated carbocycles. The van der Waals surface area contributed by atoms with Crippen molar-refractivity contribution < 1.29 is 18.0 Å². The molecular formula is C24H27ClF3N5O. The zero-order valence-electron chi connectivity index (χ0n) is 19.0. The molecule has 3 aromatic rings. The summed E-state index contributed by atoms with van der Waals surface area (Å²) in [4.78, 5) is 18.7. The van der Waals surface area contributed by atoms with Gasteiger partial charge < -0.3 is 10.2 Å². The van der Waals surface area contributed by atoms with E-state index in [0.29, 0.717) is 17.0 Å². The third-order valence-corrected chi connectivity index (χ3v) is 7.20. The van der Waals surface area contributed by atoms with E-state index in [9.17, 15) is 18.0 Å². The van der Waals surface area contributed by atoms with Crippen molar-refractivity contribution in [2.24, 2.45) is 5.41 Å². The number of nitrogens with one attached hydrogen (secondary N) is 2. The molecule has 10 heteroatoms. The number of halogens is 4. The molecule has 1 aliphatic rings. The minimum Gasteiger partial charge on any atom is -0.355 e. The molecule has 1 fully saturated rings. The van der Waals surface area contributed by atoms with Gasteiger partial charge in [0.2, 0.25) is 5.91 Å². The van der Waals surface area contributed by atoms with E-state index in [1.54, 1.807) is 18.3 Å². The summed E-state index contributed by atoms with van der Waals surface area (Å²) >= 11 is 6.44. The van der Waals surface area contributed by atoms with Crippen LogP contribution in [0.3, 0.4) is 0 Å². The second-order valence-electron chi connectivity index (χ2n) is 9.22. The number of pyridine rings is 1. The van der Waals surface area contributed by atoms with Gasteiger partial charge in [-0.05, 0) is 68.8 Å². The number of aromatic nitrogens is 3. The van der Waals surface area contributed by atoms with Gasteiger partial charge in [0.1, 0.15) is 0 Å². The van der Waals surface area contributed by atoms with Crippen LogP contribution in [0, 0.1) is 5.41 Å². The maximum Gasteiger partial charge on any atom is 0.395 e. The molecule has 1 aromatic carbocycles. The molecule has 0 saturated heterocycles. The number of aromatic amines is 1. The highest BCUT2D eigenvalue weighted by Gasteiger charge is 2.67. The third kappa shape index (κ3) is 5.05. The van der Waals surface area contributed by atoms with E-state index >= 15 is 0 Å².